The summed E-state index contributed by atoms with van der Waals surface area (Å²) in [5.74, 6) is 1.60. The lowest BCUT2D eigenvalue weighted by atomic mass is 10.1. The van der Waals surface area contributed by atoms with Crippen LogP contribution in [0.1, 0.15) is 18.4 Å². The number of benzene rings is 2. The van der Waals surface area contributed by atoms with Crippen LogP contribution in [-0.4, -0.2) is 27.5 Å². The van der Waals surface area contributed by atoms with Gasteiger partial charge in [0.1, 0.15) is 17.2 Å². The Morgan fingerprint density at radius 3 is 2.68 bits per heavy atom. The number of carboxylic acids is 1. The van der Waals surface area contributed by atoms with Gasteiger partial charge in [-0.05, 0) is 54.2 Å². The van der Waals surface area contributed by atoms with Crippen molar-refractivity contribution in [2.45, 2.75) is 19.3 Å². The molecule has 144 valence electrons. The number of carbonyl (C=O) groups is 1. The molecule has 6 heteroatoms. The highest BCUT2D eigenvalue weighted by Crippen LogP contribution is 2.33. The molecule has 0 spiro atoms. The summed E-state index contributed by atoms with van der Waals surface area (Å²) in [7, 11) is 1.88. The van der Waals surface area contributed by atoms with E-state index in [4.69, 9.17) is 14.6 Å². The Balaban J connectivity index is 1.57. The summed E-state index contributed by atoms with van der Waals surface area (Å²) in [6.45, 7) is 0.659. The molecule has 1 saturated carbocycles. The van der Waals surface area contributed by atoms with E-state index < -0.39 is 5.97 Å². The van der Waals surface area contributed by atoms with Gasteiger partial charge in [0.15, 0.2) is 0 Å². The van der Waals surface area contributed by atoms with Gasteiger partial charge < -0.3 is 14.6 Å². The van der Waals surface area contributed by atoms with Crippen molar-refractivity contribution in [2.75, 3.05) is 6.61 Å². The first-order valence-corrected chi connectivity index (χ1v) is 9.31. The summed E-state index contributed by atoms with van der Waals surface area (Å²) in [6, 6.07) is 13.0. The fourth-order valence-corrected chi connectivity index (χ4v) is 2.99. The van der Waals surface area contributed by atoms with Crippen molar-refractivity contribution in [2.24, 2.45) is 13.0 Å². The molecule has 1 N–H and O–H groups in total. The van der Waals surface area contributed by atoms with Crippen LogP contribution in [-0.2, 0) is 18.3 Å². The molecule has 1 aliphatic carbocycles. The molecule has 0 amide bonds. The third-order valence-electron chi connectivity index (χ3n) is 4.59. The molecule has 0 radical (unpaired) electrons. The summed E-state index contributed by atoms with van der Waals surface area (Å²) < 4.78 is 13.6. The van der Waals surface area contributed by atoms with Crippen LogP contribution >= 0.6 is 0 Å². The highest BCUT2D eigenvalue weighted by Gasteiger charge is 2.22. The molecule has 1 fully saturated rings. The second kappa shape index (κ2) is 7.76. The van der Waals surface area contributed by atoms with Gasteiger partial charge >= 0.3 is 5.97 Å². The summed E-state index contributed by atoms with van der Waals surface area (Å²) in [4.78, 5) is 11.1. The third kappa shape index (κ3) is 4.71. The first-order chi connectivity index (χ1) is 13.5. The number of aliphatic carboxylic acids is 1. The summed E-state index contributed by atoms with van der Waals surface area (Å²) >= 11 is 0. The lowest BCUT2D eigenvalue weighted by molar-refractivity contribution is -0.136. The fourth-order valence-electron chi connectivity index (χ4n) is 2.99. The molecular formula is C22H22N2O4. The van der Waals surface area contributed by atoms with Crippen LogP contribution < -0.4 is 9.47 Å². The van der Waals surface area contributed by atoms with Gasteiger partial charge in [-0.1, -0.05) is 12.1 Å². The number of hydrogen-bond acceptors (Lipinski definition) is 4. The minimum Gasteiger partial charge on any atom is -0.493 e. The van der Waals surface area contributed by atoms with Gasteiger partial charge in [0.25, 0.3) is 0 Å². The normalized spacial score (nSPS) is 13.3. The Bertz CT molecular complexity index is 992. The van der Waals surface area contributed by atoms with Crippen molar-refractivity contribution >= 4 is 5.97 Å². The van der Waals surface area contributed by atoms with Gasteiger partial charge in [-0.15, -0.1) is 0 Å². The second-order valence-corrected chi connectivity index (χ2v) is 7.17. The summed E-state index contributed by atoms with van der Waals surface area (Å²) in [6.07, 6.45) is 6.05. The van der Waals surface area contributed by atoms with Crippen LogP contribution in [0.15, 0.2) is 54.9 Å². The van der Waals surface area contributed by atoms with E-state index in [1.54, 1.807) is 23.0 Å². The van der Waals surface area contributed by atoms with E-state index in [9.17, 15) is 4.79 Å². The second-order valence-electron chi connectivity index (χ2n) is 7.17. The molecule has 1 heterocycles. The number of ether oxygens (including phenoxy) is 2. The predicted molar refractivity (Wildman–Crippen MR) is 105 cm³/mol. The Kier molecular flexibility index (Phi) is 5.02. The quantitative estimate of drug-likeness (QED) is 0.633. The van der Waals surface area contributed by atoms with E-state index in [1.807, 2.05) is 43.6 Å². The maximum Gasteiger partial charge on any atom is 0.307 e. The van der Waals surface area contributed by atoms with Gasteiger partial charge in [0.2, 0.25) is 0 Å². The molecule has 0 aliphatic heterocycles. The van der Waals surface area contributed by atoms with Crippen molar-refractivity contribution in [3.63, 3.8) is 0 Å². The van der Waals surface area contributed by atoms with Gasteiger partial charge in [0, 0.05) is 24.9 Å². The highest BCUT2D eigenvalue weighted by molar-refractivity contribution is 5.70. The number of aryl methyl sites for hydroxylation is 1. The standard InChI is InChI=1S/C22H22N2O4/c1-24-13-18(12-23-24)17-3-2-4-19(10-17)28-21-8-16(9-22(25)26)7-20(11-21)27-14-15-5-6-15/h2-4,7-8,10-13,15H,5-6,9,14H2,1H3,(H,25,26). The number of aromatic nitrogens is 2. The molecule has 0 bridgehead atoms. The SMILES string of the molecule is Cn1cc(-c2cccc(Oc3cc(CC(=O)O)cc(OCC4CC4)c3)c2)cn1. The monoisotopic (exact) mass is 378 g/mol. The van der Waals surface area contributed by atoms with Crippen molar-refractivity contribution in [3.05, 3.63) is 60.4 Å². The van der Waals surface area contributed by atoms with Gasteiger partial charge in [-0.3, -0.25) is 9.48 Å². The molecule has 1 aromatic heterocycles. The molecule has 6 nitrogen and oxygen atoms in total. The van der Waals surface area contributed by atoms with Gasteiger partial charge in [-0.2, -0.15) is 5.10 Å². The van der Waals surface area contributed by atoms with Crippen LogP contribution in [0.3, 0.4) is 0 Å². The zero-order valence-corrected chi connectivity index (χ0v) is 15.7. The Morgan fingerprint density at radius 1 is 1.14 bits per heavy atom. The predicted octanol–water partition coefficient (Wildman–Crippen LogP) is 4.30. The first kappa shape index (κ1) is 18.1. The van der Waals surface area contributed by atoms with E-state index in [0.29, 0.717) is 35.3 Å². The average molecular weight is 378 g/mol. The fraction of sp³-hybridized carbons (Fsp3) is 0.273. The van der Waals surface area contributed by atoms with Crippen LogP contribution in [0.5, 0.6) is 17.2 Å². The number of hydrogen-bond donors (Lipinski definition) is 1. The molecule has 4 rings (SSSR count). The number of carboxylic acid groups (broad SMARTS) is 1. The van der Waals surface area contributed by atoms with E-state index in [2.05, 4.69) is 5.10 Å². The van der Waals surface area contributed by atoms with Gasteiger partial charge in [-0.25, -0.2) is 0 Å². The highest BCUT2D eigenvalue weighted by atomic mass is 16.5. The Morgan fingerprint density at radius 2 is 1.96 bits per heavy atom. The number of rotatable bonds is 8. The van der Waals surface area contributed by atoms with Crippen molar-refractivity contribution in [3.8, 4) is 28.4 Å². The molecule has 3 aromatic rings. The van der Waals surface area contributed by atoms with E-state index >= 15 is 0 Å². The zero-order chi connectivity index (χ0) is 19.5. The van der Waals surface area contributed by atoms with Gasteiger partial charge in [0.05, 0.1) is 19.2 Å². The Hall–Kier alpha value is -3.28. The molecule has 28 heavy (non-hydrogen) atoms. The molecule has 0 atom stereocenters. The third-order valence-corrected chi connectivity index (χ3v) is 4.59. The molecule has 2 aromatic carbocycles. The maximum atomic E-state index is 11.1. The van der Waals surface area contributed by atoms with Crippen LogP contribution in [0, 0.1) is 5.92 Å². The Labute approximate surface area is 163 Å². The molecular weight excluding hydrogens is 356 g/mol. The van der Waals surface area contributed by atoms with Crippen molar-refractivity contribution < 1.29 is 19.4 Å². The van der Waals surface area contributed by atoms with Crippen LogP contribution in [0.2, 0.25) is 0 Å². The topological polar surface area (TPSA) is 73.6 Å². The van der Waals surface area contributed by atoms with E-state index in [-0.39, 0.29) is 6.42 Å². The van der Waals surface area contributed by atoms with E-state index in [1.165, 1.54) is 12.8 Å². The average Bonchev–Trinajstić information content (AvgIpc) is 3.38. The largest absolute Gasteiger partial charge is 0.493 e. The molecule has 1 aliphatic rings. The lowest BCUT2D eigenvalue weighted by Gasteiger charge is -2.12. The molecule has 0 unspecified atom stereocenters. The zero-order valence-electron chi connectivity index (χ0n) is 15.7. The molecule has 0 saturated heterocycles. The number of nitrogens with zero attached hydrogens (tertiary/aromatic N) is 2. The van der Waals surface area contributed by atoms with Crippen LogP contribution in [0.25, 0.3) is 11.1 Å². The first-order valence-electron chi connectivity index (χ1n) is 9.31. The smallest absolute Gasteiger partial charge is 0.307 e. The van der Waals surface area contributed by atoms with E-state index in [0.717, 1.165) is 11.1 Å². The van der Waals surface area contributed by atoms with Crippen molar-refractivity contribution in [1.29, 1.82) is 0 Å². The van der Waals surface area contributed by atoms with Crippen molar-refractivity contribution in [1.82, 2.24) is 9.78 Å². The van der Waals surface area contributed by atoms with Crippen LogP contribution in [0.4, 0.5) is 0 Å². The lowest BCUT2D eigenvalue weighted by Crippen LogP contribution is -2.03. The summed E-state index contributed by atoms with van der Waals surface area (Å²) in [5, 5.41) is 13.3. The summed E-state index contributed by atoms with van der Waals surface area (Å²) in [5.41, 5.74) is 2.65. The minimum absolute atomic E-state index is 0.0767. The minimum atomic E-state index is -0.885. The maximum absolute atomic E-state index is 11.1.